The van der Waals surface area contributed by atoms with Gasteiger partial charge in [0.05, 0.1) is 39.6 Å². The van der Waals surface area contributed by atoms with E-state index in [-0.39, 0.29) is 65.0 Å². The van der Waals surface area contributed by atoms with Gasteiger partial charge < -0.3 is 24.7 Å². The number of hydrogen-bond acceptors (Lipinski definition) is 11. The van der Waals surface area contributed by atoms with Crippen LogP contribution in [0.3, 0.4) is 0 Å². The largest absolute Gasteiger partial charge is 0.508 e. The molecule has 1 unspecified atom stereocenters. The van der Waals surface area contributed by atoms with Gasteiger partial charge in [-0.3, -0.25) is 13.9 Å². The number of hydrogen-bond donors (Lipinski definition) is 1. The summed E-state index contributed by atoms with van der Waals surface area (Å²) >= 11 is 0. The standard InChI is InChI=1S/C30H43N3O11P/c1-4-33(3,44-25(2)34)28(31)32-45(37,42-21-11-19-38-29(35)40-23-17-26-13-7-5-8-14-26)43-22-12-20-39-30(36)41-24-18-27-15-9-6-10-16-27/h5-10,13-16H,4,11-12,17-24H2,1-3H3,(H2,31,32,37)/q+1. The van der Waals surface area contributed by atoms with E-state index in [2.05, 4.69) is 4.76 Å². The Labute approximate surface area is 263 Å². The summed E-state index contributed by atoms with van der Waals surface area (Å²) in [6.07, 6.45) is -0.326. The number of hydroxylamine groups is 3. The highest BCUT2D eigenvalue weighted by Gasteiger charge is 2.36. The summed E-state index contributed by atoms with van der Waals surface area (Å²) in [7, 11) is -2.79. The normalized spacial score (nSPS) is 12.9. The van der Waals surface area contributed by atoms with Gasteiger partial charge in [0, 0.05) is 32.6 Å². The molecule has 2 N–H and O–H groups in total. The third-order valence-corrected chi connectivity index (χ3v) is 7.54. The molecule has 2 aromatic carbocycles. The maximum Gasteiger partial charge on any atom is 0.508 e. The molecule has 0 heterocycles. The minimum atomic E-state index is -4.25. The smallest absolute Gasteiger partial charge is 0.434 e. The van der Waals surface area contributed by atoms with Gasteiger partial charge in [-0.25, -0.2) is 18.9 Å². The highest BCUT2D eigenvalue weighted by Crippen LogP contribution is 2.50. The van der Waals surface area contributed by atoms with E-state index in [9.17, 15) is 18.9 Å². The maximum absolute atomic E-state index is 13.5. The van der Waals surface area contributed by atoms with Gasteiger partial charge in [-0.15, -0.1) is 4.76 Å². The molecule has 0 bridgehead atoms. The third kappa shape index (κ3) is 15.5. The molecule has 0 aliphatic heterocycles. The summed E-state index contributed by atoms with van der Waals surface area (Å²) < 4.78 is 47.9. The van der Waals surface area contributed by atoms with Crippen LogP contribution in [0, 0.1) is 0 Å². The lowest BCUT2D eigenvalue weighted by Gasteiger charge is -2.27. The van der Waals surface area contributed by atoms with E-state index in [1.165, 1.54) is 14.0 Å². The van der Waals surface area contributed by atoms with Gasteiger partial charge in [0.25, 0.3) is 0 Å². The summed E-state index contributed by atoms with van der Waals surface area (Å²) in [5.74, 6) is -0.956. The second-order valence-corrected chi connectivity index (χ2v) is 11.3. The lowest BCUT2D eigenvalue weighted by atomic mass is 10.2. The van der Waals surface area contributed by atoms with Crippen LogP contribution in [0.15, 0.2) is 65.4 Å². The number of nitrogens with zero attached hydrogens (tertiary/aromatic N) is 2. The summed E-state index contributed by atoms with van der Waals surface area (Å²) in [5.41, 5.74) is 8.09. The fourth-order valence-electron chi connectivity index (χ4n) is 3.54. The van der Waals surface area contributed by atoms with Crippen molar-refractivity contribution in [2.24, 2.45) is 10.5 Å². The zero-order chi connectivity index (χ0) is 33.0. The average Bonchev–Trinajstić information content (AvgIpc) is 3.01. The summed E-state index contributed by atoms with van der Waals surface area (Å²) in [6.45, 7) is 2.84. The van der Waals surface area contributed by atoms with E-state index < -0.39 is 30.7 Å². The Bertz CT molecular complexity index is 1190. The number of rotatable bonds is 18. The van der Waals surface area contributed by atoms with Crippen LogP contribution < -0.4 is 5.73 Å². The molecule has 1 atom stereocenters. The molecule has 0 amide bonds. The molecule has 14 nitrogen and oxygen atoms in total. The summed E-state index contributed by atoms with van der Waals surface area (Å²) in [4.78, 5) is 40.5. The minimum Gasteiger partial charge on any atom is -0.434 e. The Morgan fingerprint density at radius 3 is 1.56 bits per heavy atom. The molecule has 0 fully saturated rings. The number of quaternary nitrogens is 1. The number of nitrogens with two attached hydrogens (primary N) is 1. The first-order chi connectivity index (χ1) is 21.5. The quantitative estimate of drug-likeness (QED) is 0.0437. The van der Waals surface area contributed by atoms with Gasteiger partial charge in [-0.1, -0.05) is 65.3 Å². The van der Waals surface area contributed by atoms with Crippen molar-refractivity contribution in [3.05, 3.63) is 71.8 Å². The van der Waals surface area contributed by atoms with Gasteiger partial charge in [0.15, 0.2) is 0 Å². The van der Waals surface area contributed by atoms with Crippen LogP contribution in [-0.2, 0) is 55.0 Å². The fraction of sp³-hybridized carbons (Fsp3) is 0.467. The number of carbonyl (C=O) groups excluding carboxylic acids is 3. The molecule has 248 valence electrons. The molecule has 15 heteroatoms. The second-order valence-electron chi connectivity index (χ2n) is 9.67. The van der Waals surface area contributed by atoms with Crippen LogP contribution in [0.25, 0.3) is 0 Å². The zero-order valence-electron chi connectivity index (χ0n) is 26.0. The van der Waals surface area contributed by atoms with Gasteiger partial charge in [-0.05, 0) is 18.1 Å². The first-order valence-corrected chi connectivity index (χ1v) is 16.0. The van der Waals surface area contributed by atoms with Crippen LogP contribution in [0.4, 0.5) is 9.59 Å². The van der Waals surface area contributed by atoms with E-state index in [1.54, 1.807) is 6.92 Å². The Morgan fingerprint density at radius 2 is 1.16 bits per heavy atom. The van der Waals surface area contributed by atoms with E-state index >= 15 is 0 Å². The second kappa shape index (κ2) is 20.1. The van der Waals surface area contributed by atoms with E-state index in [1.807, 2.05) is 60.7 Å². The molecule has 45 heavy (non-hydrogen) atoms. The molecule has 0 radical (unpaired) electrons. The van der Waals surface area contributed by atoms with Crippen molar-refractivity contribution in [3.63, 3.8) is 0 Å². The van der Waals surface area contributed by atoms with Crippen molar-refractivity contribution >= 4 is 32.0 Å². The molecule has 0 spiro atoms. The van der Waals surface area contributed by atoms with Gasteiger partial charge in [-0.2, -0.15) is 0 Å². The average molecular weight is 653 g/mol. The van der Waals surface area contributed by atoms with Gasteiger partial charge in [0.2, 0.25) is 0 Å². The van der Waals surface area contributed by atoms with Crippen LogP contribution in [-0.4, -0.2) is 82.1 Å². The molecule has 0 aliphatic carbocycles. The number of carbonyl (C=O) groups is 3. The van der Waals surface area contributed by atoms with Gasteiger partial charge in [0.1, 0.15) is 13.6 Å². The van der Waals surface area contributed by atoms with Crippen molar-refractivity contribution in [1.82, 2.24) is 0 Å². The van der Waals surface area contributed by atoms with Crippen LogP contribution >= 0.6 is 7.75 Å². The van der Waals surface area contributed by atoms with E-state index in [0.717, 1.165) is 11.1 Å². The van der Waals surface area contributed by atoms with E-state index in [0.29, 0.717) is 12.8 Å². The number of ether oxygens (including phenoxy) is 4. The predicted octanol–water partition coefficient (Wildman–Crippen LogP) is 4.96. The van der Waals surface area contributed by atoms with Crippen molar-refractivity contribution in [1.29, 1.82) is 0 Å². The Kier molecular flexibility index (Phi) is 16.7. The van der Waals surface area contributed by atoms with Crippen LogP contribution in [0.1, 0.15) is 37.8 Å². The Balaban J connectivity index is 1.81. The highest BCUT2D eigenvalue weighted by atomic mass is 31.2. The molecular weight excluding hydrogens is 609 g/mol. The molecule has 2 aromatic rings. The summed E-state index contributed by atoms with van der Waals surface area (Å²) in [5, 5.41) is 0. The lowest BCUT2D eigenvalue weighted by molar-refractivity contribution is -1.00. The molecule has 0 saturated carbocycles. The summed E-state index contributed by atoms with van der Waals surface area (Å²) in [6, 6.07) is 19.1. The van der Waals surface area contributed by atoms with Crippen molar-refractivity contribution in [3.8, 4) is 0 Å². The SMILES string of the molecule is CC[N+](C)(OC(C)=O)C(N)=NP(=O)(OCCCOC(=O)OCCc1ccccc1)OCCCOC(=O)OCCc1ccccc1. The van der Waals surface area contributed by atoms with Crippen LogP contribution in [0.2, 0.25) is 0 Å². The number of benzene rings is 2. The molecule has 0 saturated heterocycles. The van der Waals surface area contributed by atoms with Crippen molar-refractivity contribution in [2.75, 3.05) is 53.2 Å². The first kappa shape index (κ1) is 37.2. The maximum atomic E-state index is 13.5. The zero-order valence-corrected chi connectivity index (χ0v) is 26.9. The molecule has 0 aliphatic rings. The van der Waals surface area contributed by atoms with E-state index in [4.69, 9.17) is 38.6 Å². The third-order valence-electron chi connectivity index (χ3n) is 6.08. The first-order valence-electron chi connectivity index (χ1n) is 14.5. The van der Waals surface area contributed by atoms with Gasteiger partial charge >= 0.3 is 32.0 Å². The van der Waals surface area contributed by atoms with Crippen molar-refractivity contribution in [2.45, 2.75) is 39.5 Å². The minimum absolute atomic E-state index is 0.0836. The topological polar surface area (TPSA) is 171 Å². The lowest BCUT2D eigenvalue weighted by Crippen LogP contribution is -2.54. The van der Waals surface area contributed by atoms with Crippen molar-refractivity contribution < 1.29 is 56.4 Å². The molecule has 2 rings (SSSR count). The molecule has 0 aromatic heterocycles. The van der Waals surface area contributed by atoms with Crippen LogP contribution in [0.5, 0.6) is 0 Å². The Hall–Kier alpha value is -3.97. The highest BCUT2D eigenvalue weighted by molar-refractivity contribution is 7.52. The molecular formula is C30H43N3O11P+. The number of guanidine groups is 1. The fourth-order valence-corrected chi connectivity index (χ4v) is 4.89. The monoisotopic (exact) mass is 652 g/mol. The predicted molar refractivity (Wildman–Crippen MR) is 164 cm³/mol. The Morgan fingerprint density at radius 1 is 0.733 bits per heavy atom.